The van der Waals surface area contributed by atoms with Crippen LogP contribution < -0.4 is 9.47 Å². The van der Waals surface area contributed by atoms with E-state index in [0.29, 0.717) is 17.1 Å². The Balaban J connectivity index is 2.74. The highest BCUT2D eigenvalue weighted by Crippen LogP contribution is 2.28. The van der Waals surface area contributed by atoms with Crippen molar-refractivity contribution >= 4 is 18.0 Å². The first-order valence-corrected chi connectivity index (χ1v) is 7.16. The van der Waals surface area contributed by atoms with Crippen LogP contribution in [-0.2, 0) is 14.3 Å². The van der Waals surface area contributed by atoms with E-state index in [1.54, 1.807) is 32.3 Å². The number of nitriles is 1. The van der Waals surface area contributed by atoms with Crippen LogP contribution in [0.4, 0.5) is 0 Å². The molecule has 0 radical (unpaired) electrons. The van der Waals surface area contributed by atoms with Gasteiger partial charge in [-0.1, -0.05) is 6.07 Å². The molecule has 7 nitrogen and oxygen atoms in total. The average molecular weight is 332 g/mol. The molecular weight excluding hydrogens is 312 g/mol. The van der Waals surface area contributed by atoms with Crippen LogP contribution in [0.3, 0.4) is 0 Å². The second-order valence-electron chi connectivity index (χ2n) is 5.00. The van der Waals surface area contributed by atoms with E-state index in [0.717, 1.165) is 0 Å². The van der Waals surface area contributed by atoms with Crippen LogP contribution in [0.2, 0.25) is 0 Å². The van der Waals surface area contributed by atoms with Gasteiger partial charge in [0.2, 0.25) is 0 Å². The average Bonchev–Trinajstić information content (AvgIpc) is 2.57. The Kier molecular flexibility index (Phi) is 7.30. The van der Waals surface area contributed by atoms with E-state index in [4.69, 9.17) is 19.5 Å². The summed E-state index contributed by atoms with van der Waals surface area (Å²) in [4.78, 5) is 24.7. The number of rotatable bonds is 7. The van der Waals surface area contributed by atoms with Crippen LogP contribution in [0.5, 0.6) is 11.5 Å². The molecule has 0 aliphatic carbocycles. The molecule has 0 aromatic heterocycles. The van der Waals surface area contributed by atoms with Gasteiger partial charge in [0, 0.05) is 20.2 Å². The van der Waals surface area contributed by atoms with Crippen LogP contribution >= 0.6 is 0 Å². The maximum Gasteiger partial charge on any atom is 0.331 e. The standard InChI is InChI=1S/C17H20N2O5/c1-12(17(21)19(2)3)24-16(20)8-6-13-5-7-14(23-10-9-18)15(11-13)22-4/h5-8,11-12H,10H2,1-4H3/b8-6+/t12-/m1/s1. The number of hydrogen-bond donors (Lipinski definition) is 0. The fourth-order valence-corrected chi connectivity index (χ4v) is 1.81. The summed E-state index contributed by atoms with van der Waals surface area (Å²) in [7, 11) is 4.65. The summed E-state index contributed by atoms with van der Waals surface area (Å²) in [5.41, 5.74) is 0.680. The predicted molar refractivity (Wildman–Crippen MR) is 87.4 cm³/mol. The molecule has 0 fully saturated rings. The molecule has 0 saturated carbocycles. The number of carbonyl (C=O) groups is 2. The molecule has 1 aromatic carbocycles. The van der Waals surface area contributed by atoms with Crippen molar-refractivity contribution in [2.75, 3.05) is 27.8 Å². The van der Waals surface area contributed by atoms with Gasteiger partial charge in [0.1, 0.15) is 6.07 Å². The molecule has 1 amide bonds. The lowest BCUT2D eigenvalue weighted by Gasteiger charge is -2.16. The number of esters is 1. The monoisotopic (exact) mass is 332 g/mol. The van der Waals surface area contributed by atoms with E-state index in [2.05, 4.69) is 0 Å². The summed E-state index contributed by atoms with van der Waals surface area (Å²) in [6, 6.07) is 6.87. The van der Waals surface area contributed by atoms with Crippen molar-refractivity contribution < 1.29 is 23.8 Å². The lowest BCUT2D eigenvalue weighted by Crippen LogP contribution is -2.34. The summed E-state index contributed by atoms with van der Waals surface area (Å²) in [6.45, 7) is 1.42. The van der Waals surface area contributed by atoms with Crippen LogP contribution in [0.25, 0.3) is 6.08 Å². The van der Waals surface area contributed by atoms with E-state index >= 15 is 0 Å². The predicted octanol–water partition coefficient (Wildman–Crippen LogP) is 1.63. The molecule has 0 bridgehead atoms. The molecule has 0 heterocycles. The van der Waals surface area contributed by atoms with Crippen LogP contribution in [0.15, 0.2) is 24.3 Å². The highest BCUT2D eigenvalue weighted by Gasteiger charge is 2.17. The number of ether oxygens (including phenoxy) is 3. The Bertz CT molecular complexity index is 661. The Labute approximate surface area is 141 Å². The summed E-state index contributed by atoms with van der Waals surface area (Å²) < 4.78 is 15.4. The number of benzene rings is 1. The lowest BCUT2D eigenvalue weighted by molar-refractivity contribution is -0.153. The van der Waals surface area contributed by atoms with E-state index in [1.807, 2.05) is 6.07 Å². The summed E-state index contributed by atoms with van der Waals surface area (Å²) >= 11 is 0. The zero-order valence-electron chi connectivity index (χ0n) is 14.1. The van der Waals surface area contributed by atoms with Gasteiger partial charge in [-0.15, -0.1) is 0 Å². The van der Waals surface area contributed by atoms with E-state index in [1.165, 1.54) is 31.1 Å². The molecular formula is C17H20N2O5. The van der Waals surface area contributed by atoms with Crippen molar-refractivity contribution in [3.05, 3.63) is 29.8 Å². The minimum absolute atomic E-state index is 0.0876. The second-order valence-corrected chi connectivity index (χ2v) is 5.00. The molecule has 128 valence electrons. The van der Waals surface area contributed by atoms with Crippen molar-refractivity contribution in [3.8, 4) is 17.6 Å². The Morgan fingerprint density at radius 1 is 1.33 bits per heavy atom. The smallest absolute Gasteiger partial charge is 0.331 e. The molecule has 24 heavy (non-hydrogen) atoms. The molecule has 1 aromatic rings. The minimum atomic E-state index is -0.853. The van der Waals surface area contributed by atoms with Gasteiger partial charge >= 0.3 is 5.97 Å². The zero-order valence-corrected chi connectivity index (χ0v) is 14.1. The fraction of sp³-hybridized carbons (Fsp3) is 0.353. The van der Waals surface area contributed by atoms with Gasteiger partial charge in [-0.2, -0.15) is 5.26 Å². The summed E-state index contributed by atoms with van der Waals surface area (Å²) in [5, 5.41) is 8.53. The highest BCUT2D eigenvalue weighted by atomic mass is 16.5. The van der Waals surface area contributed by atoms with Crippen LogP contribution in [0.1, 0.15) is 12.5 Å². The lowest BCUT2D eigenvalue weighted by atomic mass is 10.2. The fourth-order valence-electron chi connectivity index (χ4n) is 1.81. The Morgan fingerprint density at radius 2 is 2.04 bits per heavy atom. The van der Waals surface area contributed by atoms with Gasteiger partial charge in [-0.25, -0.2) is 4.79 Å². The van der Waals surface area contributed by atoms with Gasteiger partial charge in [-0.3, -0.25) is 4.79 Å². The maximum absolute atomic E-state index is 11.7. The molecule has 0 spiro atoms. The van der Waals surface area contributed by atoms with Crippen molar-refractivity contribution in [3.63, 3.8) is 0 Å². The van der Waals surface area contributed by atoms with Crippen LogP contribution in [-0.4, -0.2) is 50.7 Å². The van der Waals surface area contributed by atoms with Crippen molar-refractivity contribution in [1.82, 2.24) is 4.90 Å². The second kappa shape index (κ2) is 9.20. The normalized spacial score (nSPS) is 11.5. The molecule has 1 atom stereocenters. The molecule has 7 heteroatoms. The van der Waals surface area contributed by atoms with Gasteiger partial charge < -0.3 is 19.1 Å². The number of hydrogen-bond acceptors (Lipinski definition) is 6. The van der Waals surface area contributed by atoms with Crippen molar-refractivity contribution in [1.29, 1.82) is 5.26 Å². The van der Waals surface area contributed by atoms with Crippen molar-refractivity contribution in [2.24, 2.45) is 0 Å². The van der Waals surface area contributed by atoms with E-state index in [9.17, 15) is 9.59 Å². The molecule has 1 rings (SSSR count). The van der Waals surface area contributed by atoms with Crippen LogP contribution in [0, 0.1) is 11.3 Å². The quantitative estimate of drug-likeness (QED) is 0.557. The Morgan fingerprint density at radius 3 is 2.62 bits per heavy atom. The van der Waals surface area contributed by atoms with Gasteiger partial charge in [0.05, 0.1) is 7.11 Å². The van der Waals surface area contributed by atoms with Gasteiger partial charge in [0.25, 0.3) is 5.91 Å². The zero-order chi connectivity index (χ0) is 18.1. The maximum atomic E-state index is 11.7. The number of carbonyl (C=O) groups excluding carboxylic acids is 2. The summed E-state index contributed by atoms with van der Waals surface area (Å²) in [5.74, 6) is -0.0419. The van der Waals surface area contributed by atoms with E-state index in [-0.39, 0.29) is 12.5 Å². The third kappa shape index (κ3) is 5.65. The molecule has 0 unspecified atom stereocenters. The number of amides is 1. The van der Waals surface area contributed by atoms with Gasteiger partial charge in [-0.05, 0) is 30.7 Å². The third-order valence-electron chi connectivity index (χ3n) is 2.97. The first-order valence-electron chi connectivity index (χ1n) is 7.16. The Hall–Kier alpha value is -3.01. The molecule has 0 N–H and O–H groups in total. The summed E-state index contributed by atoms with van der Waals surface area (Å²) in [6.07, 6.45) is 1.91. The number of likely N-dealkylation sites (N-methyl/N-ethyl adjacent to an activating group) is 1. The van der Waals surface area contributed by atoms with Gasteiger partial charge in [0.15, 0.2) is 24.2 Å². The minimum Gasteiger partial charge on any atom is -0.493 e. The molecule has 0 saturated heterocycles. The first-order chi connectivity index (χ1) is 11.4. The molecule has 0 aliphatic rings. The van der Waals surface area contributed by atoms with E-state index < -0.39 is 12.1 Å². The SMILES string of the molecule is COc1cc(/C=C/C(=O)O[C@H](C)C(=O)N(C)C)ccc1OCC#N. The number of nitrogens with zero attached hydrogens (tertiary/aromatic N) is 2. The highest BCUT2D eigenvalue weighted by molar-refractivity contribution is 5.90. The van der Waals surface area contributed by atoms with Crippen molar-refractivity contribution in [2.45, 2.75) is 13.0 Å². The first kappa shape index (κ1) is 19.0. The molecule has 0 aliphatic heterocycles. The third-order valence-corrected chi connectivity index (χ3v) is 2.97. The number of methoxy groups -OCH3 is 1. The largest absolute Gasteiger partial charge is 0.493 e. The topological polar surface area (TPSA) is 88.9 Å².